The molecular formula is C33H45ClN6O4S. The number of amides is 4. The molecular weight excluding hydrogens is 612 g/mol. The Hall–Kier alpha value is -3.02. The lowest BCUT2D eigenvalue weighted by molar-refractivity contribution is -0.142. The second-order valence-electron chi connectivity index (χ2n) is 13.2. The summed E-state index contributed by atoms with van der Waals surface area (Å²) in [6.07, 6.45) is 4.50. The Balaban J connectivity index is 1.09. The number of likely N-dealkylation sites (tertiary alicyclic amines) is 3. The van der Waals surface area contributed by atoms with Crippen LogP contribution in [0.2, 0.25) is 5.02 Å². The highest BCUT2D eigenvalue weighted by molar-refractivity contribution is 7.14. The maximum absolute atomic E-state index is 14.0. The van der Waals surface area contributed by atoms with Gasteiger partial charge in [-0.05, 0) is 106 Å². The number of nitrogens with one attached hydrogen (secondary N) is 1. The number of aryl methyl sites for hydroxylation is 1. The molecule has 0 radical (unpaired) electrons. The number of nitrogens with zero attached hydrogens (tertiary/aromatic N) is 4. The zero-order valence-corrected chi connectivity index (χ0v) is 27.9. The Bertz CT molecular complexity index is 1370. The number of fused-ring (bicyclic) bond motifs is 1. The van der Waals surface area contributed by atoms with Crippen molar-refractivity contribution in [2.45, 2.75) is 70.6 Å². The van der Waals surface area contributed by atoms with E-state index in [2.05, 4.69) is 17.3 Å². The van der Waals surface area contributed by atoms with Crippen LogP contribution in [-0.4, -0.2) is 96.1 Å². The number of hydrogen-bond donors (Lipinski definition) is 2. The average molecular weight is 657 g/mol. The van der Waals surface area contributed by atoms with Gasteiger partial charge in [0.2, 0.25) is 0 Å². The van der Waals surface area contributed by atoms with Gasteiger partial charge in [0.05, 0.1) is 17.3 Å². The summed E-state index contributed by atoms with van der Waals surface area (Å²) in [6.45, 7) is 7.02. The smallest absolute Gasteiger partial charge is 0.410 e. The second-order valence-corrected chi connectivity index (χ2v) is 14.6. The van der Waals surface area contributed by atoms with Gasteiger partial charge in [0.25, 0.3) is 5.91 Å². The Morgan fingerprint density at radius 3 is 2.33 bits per heavy atom. The number of piperidine rings is 3. The molecule has 1 aromatic heterocycles. The molecule has 0 spiro atoms. The van der Waals surface area contributed by atoms with Crippen molar-refractivity contribution in [2.24, 2.45) is 11.8 Å². The normalized spacial score (nSPS) is 21.4. The van der Waals surface area contributed by atoms with Gasteiger partial charge in [0, 0.05) is 44.2 Å². The number of carbonyl (C=O) groups is 3. The molecule has 1 atom stereocenters. The summed E-state index contributed by atoms with van der Waals surface area (Å²) in [5.74, 6) is 1.21. The lowest BCUT2D eigenvalue weighted by Crippen LogP contribution is -2.52. The Morgan fingerprint density at radius 1 is 1.02 bits per heavy atom. The molecule has 45 heavy (non-hydrogen) atoms. The predicted octanol–water partition coefficient (Wildman–Crippen LogP) is 5.43. The van der Waals surface area contributed by atoms with Crippen LogP contribution in [0.25, 0.3) is 0 Å². The molecule has 4 aliphatic rings. The zero-order valence-electron chi connectivity index (χ0n) is 26.3. The van der Waals surface area contributed by atoms with E-state index in [1.54, 1.807) is 11.0 Å². The molecule has 0 bridgehead atoms. The number of nitrogen functional groups attached to an aromatic ring is 1. The number of benzene rings is 1. The first kappa shape index (κ1) is 31.9. The molecule has 2 aromatic rings. The Kier molecular flexibility index (Phi) is 9.77. The fraction of sp³-hybridized carbons (Fsp3) is 0.606. The van der Waals surface area contributed by atoms with E-state index in [1.165, 1.54) is 24.2 Å². The lowest BCUT2D eigenvalue weighted by Gasteiger charge is -2.41. The summed E-state index contributed by atoms with van der Waals surface area (Å²) in [7, 11) is 2.18. The number of urea groups is 1. The van der Waals surface area contributed by atoms with Crippen molar-refractivity contribution in [3.63, 3.8) is 0 Å². The molecule has 244 valence electrons. The summed E-state index contributed by atoms with van der Waals surface area (Å²) >= 11 is 7.93. The van der Waals surface area contributed by atoms with E-state index in [9.17, 15) is 14.4 Å². The van der Waals surface area contributed by atoms with E-state index in [-0.39, 0.29) is 24.4 Å². The Labute approximate surface area is 274 Å². The molecule has 6 rings (SSSR count). The van der Waals surface area contributed by atoms with Crippen LogP contribution >= 0.6 is 22.9 Å². The van der Waals surface area contributed by atoms with Crippen molar-refractivity contribution in [3.8, 4) is 0 Å². The van der Waals surface area contributed by atoms with Crippen molar-refractivity contribution < 1.29 is 19.1 Å². The van der Waals surface area contributed by atoms with Crippen molar-refractivity contribution in [1.82, 2.24) is 19.6 Å². The summed E-state index contributed by atoms with van der Waals surface area (Å²) in [5, 5.41) is 6.32. The number of halogens is 1. The van der Waals surface area contributed by atoms with E-state index < -0.39 is 12.2 Å². The molecule has 3 saturated heterocycles. The first-order chi connectivity index (χ1) is 21.7. The van der Waals surface area contributed by atoms with E-state index >= 15 is 0 Å². The molecule has 3 N–H and O–H groups in total. The van der Waals surface area contributed by atoms with Crippen LogP contribution in [0.15, 0.2) is 23.6 Å². The van der Waals surface area contributed by atoms with Gasteiger partial charge < -0.3 is 30.1 Å². The zero-order chi connectivity index (χ0) is 31.7. The topological polar surface area (TPSA) is 111 Å². The summed E-state index contributed by atoms with van der Waals surface area (Å²) in [4.78, 5) is 48.1. The van der Waals surface area contributed by atoms with E-state index in [0.717, 1.165) is 53.5 Å². The van der Waals surface area contributed by atoms with Gasteiger partial charge in [-0.1, -0.05) is 17.7 Å². The molecule has 1 aromatic carbocycles. The molecule has 0 unspecified atom stereocenters. The highest BCUT2D eigenvalue weighted by Gasteiger charge is 2.37. The molecule has 0 aliphatic carbocycles. The number of hydrogen-bond acceptors (Lipinski definition) is 7. The van der Waals surface area contributed by atoms with E-state index in [1.807, 2.05) is 34.2 Å². The number of carbonyl (C=O) groups excluding carboxylic acids is 3. The predicted molar refractivity (Wildman–Crippen MR) is 178 cm³/mol. The van der Waals surface area contributed by atoms with Crippen molar-refractivity contribution in [1.29, 1.82) is 0 Å². The van der Waals surface area contributed by atoms with Gasteiger partial charge in [0.15, 0.2) is 6.10 Å². The SMILES string of the molecule is Cc1cc(C[C@@H](OC(=O)N2CCC(N3Cc4ccsc4NC3=O)CC2)C(=O)N2CCC(C3CCN(C)CC3)CC2)cc(Cl)c1N. The van der Waals surface area contributed by atoms with Crippen LogP contribution in [0.5, 0.6) is 0 Å². The number of anilines is 2. The van der Waals surface area contributed by atoms with Crippen LogP contribution in [0.3, 0.4) is 0 Å². The van der Waals surface area contributed by atoms with E-state index in [4.69, 9.17) is 22.1 Å². The van der Waals surface area contributed by atoms with Crippen molar-refractivity contribution >= 4 is 51.7 Å². The van der Waals surface area contributed by atoms with Crippen LogP contribution in [0, 0.1) is 18.8 Å². The summed E-state index contributed by atoms with van der Waals surface area (Å²) < 4.78 is 6.04. The lowest BCUT2D eigenvalue weighted by atomic mass is 9.79. The minimum atomic E-state index is -0.959. The third-order valence-corrected chi connectivity index (χ3v) is 11.5. The van der Waals surface area contributed by atoms with Gasteiger partial charge in [0.1, 0.15) is 5.00 Å². The third-order valence-electron chi connectivity index (χ3n) is 10.3. The first-order valence-electron chi connectivity index (χ1n) is 16.3. The van der Waals surface area contributed by atoms with Crippen LogP contribution in [0.4, 0.5) is 20.3 Å². The van der Waals surface area contributed by atoms with Crippen LogP contribution < -0.4 is 11.1 Å². The van der Waals surface area contributed by atoms with Gasteiger partial charge >= 0.3 is 12.1 Å². The maximum atomic E-state index is 14.0. The number of nitrogens with two attached hydrogens (primary N) is 1. The van der Waals surface area contributed by atoms with Crippen LogP contribution in [0.1, 0.15) is 55.2 Å². The number of ether oxygens (including phenoxy) is 1. The molecule has 4 aliphatic heterocycles. The van der Waals surface area contributed by atoms with E-state index in [0.29, 0.717) is 62.2 Å². The molecule has 0 saturated carbocycles. The van der Waals surface area contributed by atoms with Crippen molar-refractivity contribution in [2.75, 3.05) is 57.4 Å². The minimum absolute atomic E-state index is 0.0327. The average Bonchev–Trinajstić information content (AvgIpc) is 3.50. The monoisotopic (exact) mass is 656 g/mol. The fourth-order valence-electron chi connectivity index (χ4n) is 7.48. The third kappa shape index (κ3) is 7.20. The fourth-order valence-corrected chi connectivity index (χ4v) is 8.57. The largest absolute Gasteiger partial charge is 0.436 e. The van der Waals surface area contributed by atoms with Gasteiger partial charge in [-0.15, -0.1) is 11.3 Å². The Morgan fingerprint density at radius 2 is 1.67 bits per heavy atom. The molecule has 12 heteroatoms. The maximum Gasteiger partial charge on any atom is 0.410 e. The van der Waals surface area contributed by atoms with Gasteiger partial charge in [-0.3, -0.25) is 10.1 Å². The summed E-state index contributed by atoms with van der Waals surface area (Å²) in [5.41, 5.74) is 9.35. The van der Waals surface area contributed by atoms with Gasteiger partial charge in [-0.2, -0.15) is 0 Å². The number of thiophene rings is 1. The molecule has 10 nitrogen and oxygen atoms in total. The van der Waals surface area contributed by atoms with Gasteiger partial charge in [-0.25, -0.2) is 9.59 Å². The molecule has 3 fully saturated rings. The minimum Gasteiger partial charge on any atom is -0.436 e. The molecule has 5 heterocycles. The standard InChI is InChI=1S/C33H45ClN6O4S/c1-21-17-22(18-27(34)29(21)35)19-28(31(41)38-12-5-24(6-13-38)23-3-10-37(2)11-4-23)44-33(43)39-14-7-26(8-15-39)40-20-25-9-16-45-30(25)36-32(40)42/h9,16-18,23-24,26,28H,3-8,10-15,19-20,35H2,1-2H3,(H,36,42)/t28-/m1/s1. The molecule has 4 amide bonds. The van der Waals surface area contributed by atoms with Crippen LogP contribution in [-0.2, 0) is 22.5 Å². The van der Waals surface area contributed by atoms with Crippen molar-refractivity contribution in [3.05, 3.63) is 45.3 Å². The number of rotatable bonds is 6. The summed E-state index contributed by atoms with van der Waals surface area (Å²) in [6, 6.07) is 5.66. The highest BCUT2D eigenvalue weighted by atomic mass is 35.5. The highest BCUT2D eigenvalue weighted by Crippen LogP contribution is 2.34. The quantitative estimate of drug-likeness (QED) is 0.401. The second kappa shape index (κ2) is 13.8. The first-order valence-corrected chi connectivity index (χ1v) is 17.5.